The van der Waals surface area contributed by atoms with E-state index in [2.05, 4.69) is 16.9 Å². The van der Waals surface area contributed by atoms with E-state index in [1.807, 2.05) is 0 Å². The second-order valence-corrected chi connectivity index (χ2v) is 4.22. The van der Waals surface area contributed by atoms with Crippen LogP contribution in [0.2, 0.25) is 0 Å². The lowest BCUT2D eigenvalue weighted by Crippen LogP contribution is -2.26. The van der Waals surface area contributed by atoms with Gasteiger partial charge in [-0.1, -0.05) is 6.92 Å². The lowest BCUT2D eigenvalue weighted by molar-refractivity contribution is 0.128. The number of nitrogens with zero attached hydrogens (tertiary/aromatic N) is 1. The van der Waals surface area contributed by atoms with Gasteiger partial charge in [-0.3, -0.25) is 4.79 Å². The normalized spacial score (nSPS) is 26.2. The van der Waals surface area contributed by atoms with Gasteiger partial charge in [0, 0.05) is 12.4 Å². The molecule has 0 aliphatic heterocycles. The number of aromatic amines is 1. The molecule has 1 saturated carbocycles. The average molecular weight is 208 g/mol. The highest BCUT2D eigenvalue weighted by molar-refractivity contribution is 5.03. The fourth-order valence-electron chi connectivity index (χ4n) is 1.93. The summed E-state index contributed by atoms with van der Waals surface area (Å²) in [5.41, 5.74) is -0.240. The van der Waals surface area contributed by atoms with E-state index in [-0.39, 0.29) is 17.5 Å². The third-order valence-corrected chi connectivity index (χ3v) is 2.92. The highest BCUT2D eigenvalue weighted by Gasteiger charge is 2.20. The summed E-state index contributed by atoms with van der Waals surface area (Å²) in [4.78, 5) is 17.8. The van der Waals surface area contributed by atoms with Crippen LogP contribution in [0.15, 0.2) is 17.2 Å². The molecule has 0 atom stereocenters. The topological polar surface area (TPSA) is 55.0 Å². The first-order valence-electron chi connectivity index (χ1n) is 5.46. The smallest absolute Gasteiger partial charge is 0.310 e. The van der Waals surface area contributed by atoms with Crippen molar-refractivity contribution >= 4 is 0 Å². The van der Waals surface area contributed by atoms with Gasteiger partial charge in [-0.2, -0.15) is 0 Å². The highest BCUT2D eigenvalue weighted by Crippen LogP contribution is 2.25. The fraction of sp³-hybridized carbons (Fsp3) is 0.636. The maximum atomic E-state index is 11.3. The Morgan fingerprint density at radius 3 is 2.80 bits per heavy atom. The summed E-state index contributed by atoms with van der Waals surface area (Å²) in [6.45, 7) is 2.25. The fourth-order valence-corrected chi connectivity index (χ4v) is 1.93. The molecule has 82 valence electrons. The third kappa shape index (κ3) is 2.58. The minimum atomic E-state index is -0.240. The van der Waals surface area contributed by atoms with Gasteiger partial charge in [0.05, 0.1) is 0 Å². The molecule has 1 aromatic heterocycles. The first kappa shape index (κ1) is 10.2. The Labute approximate surface area is 88.7 Å². The van der Waals surface area contributed by atoms with Crippen molar-refractivity contribution in [1.82, 2.24) is 9.97 Å². The molecule has 4 nitrogen and oxygen atoms in total. The van der Waals surface area contributed by atoms with Gasteiger partial charge < -0.3 is 9.72 Å². The van der Waals surface area contributed by atoms with Crippen molar-refractivity contribution in [2.45, 2.75) is 38.7 Å². The minimum absolute atomic E-state index is 0.164. The standard InChI is InChI=1S/C11H16N2O2/c1-8-2-4-9(5-3-8)15-11-10(14)12-6-7-13-11/h6-9H,2-5H2,1H3,(H,12,14). The van der Waals surface area contributed by atoms with Crippen LogP contribution in [0.5, 0.6) is 5.88 Å². The van der Waals surface area contributed by atoms with Gasteiger partial charge in [0.1, 0.15) is 6.10 Å². The molecule has 0 bridgehead atoms. The second kappa shape index (κ2) is 4.47. The molecule has 0 spiro atoms. The molecule has 0 radical (unpaired) electrons. The SMILES string of the molecule is CC1CCC(Oc2ncc[nH]c2=O)CC1. The molecule has 1 N–H and O–H groups in total. The number of rotatable bonds is 2. The van der Waals surface area contributed by atoms with E-state index in [4.69, 9.17) is 4.74 Å². The molecular weight excluding hydrogens is 192 g/mol. The van der Waals surface area contributed by atoms with Crippen molar-refractivity contribution in [3.8, 4) is 5.88 Å². The number of nitrogens with one attached hydrogen (secondary N) is 1. The van der Waals surface area contributed by atoms with Gasteiger partial charge in [-0.05, 0) is 31.6 Å². The van der Waals surface area contributed by atoms with Crippen LogP contribution in [-0.2, 0) is 0 Å². The van der Waals surface area contributed by atoms with Gasteiger partial charge in [0.2, 0.25) is 0 Å². The summed E-state index contributed by atoms with van der Waals surface area (Å²) in [5.74, 6) is 0.990. The number of ether oxygens (including phenoxy) is 1. The summed E-state index contributed by atoms with van der Waals surface area (Å²) >= 11 is 0. The quantitative estimate of drug-likeness (QED) is 0.805. The Kier molecular flexibility index (Phi) is 3.04. The minimum Gasteiger partial charge on any atom is -0.470 e. The first-order chi connectivity index (χ1) is 7.25. The van der Waals surface area contributed by atoms with Crippen LogP contribution in [0.25, 0.3) is 0 Å². The Balaban J connectivity index is 1.98. The predicted molar refractivity (Wildman–Crippen MR) is 56.9 cm³/mol. The summed E-state index contributed by atoms with van der Waals surface area (Å²) in [7, 11) is 0. The number of hydrogen-bond acceptors (Lipinski definition) is 3. The molecular formula is C11H16N2O2. The van der Waals surface area contributed by atoms with Crippen molar-refractivity contribution in [3.63, 3.8) is 0 Å². The van der Waals surface area contributed by atoms with E-state index in [1.165, 1.54) is 19.0 Å². The van der Waals surface area contributed by atoms with E-state index in [0.29, 0.717) is 0 Å². The molecule has 1 aliphatic carbocycles. The van der Waals surface area contributed by atoms with Crippen molar-refractivity contribution in [1.29, 1.82) is 0 Å². The van der Waals surface area contributed by atoms with E-state index < -0.39 is 0 Å². The molecule has 0 amide bonds. The molecule has 1 fully saturated rings. The maximum Gasteiger partial charge on any atom is 0.310 e. The molecule has 15 heavy (non-hydrogen) atoms. The predicted octanol–water partition coefficient (Wildman–Crippen LogP) is 1.73. The van der Waals surface area contributed by atoms with Crippen molar-refractivity contribution in [3.05, 3.63) is 22.7 Å². The van der Waals surface area contributed by atoms with E-state index in [0.717, 1.165) is 18.8 Å². The zero-order valence-corrected chi connectivity index (χ0v) is 8.90. The monoisotopic (exact) mass is 208 g/mol. The van der Waals surface area contributed by atoms with Crippen molar-refractivity contribution in [2.75, 3.05) is 0 Å². The zero-order valence-electron chi connectivity index (χ0n) is 8.90. The van der Waals surface area contributed by atoms with Crippen molar-refractivity contribution in [2.24, 2.45) is 5.92 Å². The molecule has 1 aliphatic rings. The van der Waals surface area contributed by atoms with Gasteiger partial charge in [-0.15, -0.1) is 0 Å². The molecule has 1 heterocycles. The van der Waals surface area contributed by atoms with E-state index >= 15 is 0 Å². The van der Waals surface area contributed by atoms with Crippen LogP contribution < -0.4 is 10.3 Å². The lowest BCUT2D eigenvalue weighted by Gasteiger charge is -2.25. The van der Waals surface area contributed by atoms with Crippen molar-refractivity contribution < 1.29 is 4.74 Å². The summed E-state index contributed by atoms with van der Waals surface area (Å²) < 4.78 is 5.58. The van der Waals surface area contributed by atoms with Crippen LogP contribution in [-0.4, -0.2) is 16.1 Å². The Morgan fingerprint density at radius 1 is 1.40 bits per heavy atom. The molecule has 2 rings (SSSR count). The molecule has 1 aromatic rings. The van der Waals surface area contributed by atoms with Gasteiger partial charge in [-0.25, -0.2) is 4.98 Å². The Bertz CT molecular complexity index is 367. The molecule has 0 aromatic carbocycles. The molecule has 4 heteroatoms. The second-order valence-electron chi connectivity index (χ2n) is 4.22. The summed E-state index contributed by atoms with van der Waals surface area (Å²) in [6.07, 6.45) is 7.62. The van der Waals surface area contributed by atoms with Crippen LogP contribution in [0.1, 0.15) is 32.6 Å². The summed E-state index contributed by atoms with van der Waals surface area (Å²) in [6, 6.07) is 0. The van der Waals surface area contributed by atoms with E-state index in [1.54, 1.807) is 6.20 Å². The van der Waals surface area contributed by atoms with Gasteiger partial charge in [0.15, 0.2) is 0 Å². The van der Waals surface area contributed by atoms with Crippen LogP contribution >= 0.6 is 0 Å². The lowest BCUT2D eigenvalue weighted by atomic mass is 9.89. The Morgan fingerprint density at radius 2 is 2.13 bits per heavy atom. The third-order valence-electron chi connectivity index (χ3n) is 2.92. The average Bonchev–Trinajstić information content (AvgIpc) is 2.25. The highest BCUT2D eigenvalue weighted by atomic mass is 16.5. The number of hydrogen-bond donors (Lipinski definition) is 1. The number of aromatic nitrogens is 2. The zero-order chi connectivity index (χ0) is 10.7. The molecule has 0 unspecified atom stereocenters. The van der Waals surface area contributed by atoms with Gasteiger partial charge >= 0.3 is 5.56 Å². The van der Waals surface area contributed by atoms with Gasteiger partial charge in [0.25, 0.3) is 5.88 Å². The maximum absolute atomic E-state index is 11.3. The van der Waals surface area contributed by atoms with Crippen LogP contribution in [0, 0.1) is 5.92 Å². The number of H-pyrrole nitrogens is 1. The summed E-state index contributed by atoms with van der Waals surface area (Å²) in [5, 5.41) is 0. The molecule has 0 saturated heterocycles. The van der Waals surface area contributed by atoms with Crippen LogP contribution in [0.3, 0.4) is 0 Å². The Hall–Kier alpha value is -1.32. The largest absolute Gasteiger partial charge is 0.470 e. The van der Waals surface area contributed by atoms with Crippen LogP contribution in [0.4, 0.5) is 0 Å². The first-order valence-corrected chi connectivity index (χ1v) is 5.46. The van der Waals surface area contributed by atoms with E-state index in [9.17, 15) is 4.79 Å².